The van der Waals surface area contributed by atoms with E-state index in [4.69, 9.17) is 11.6 Å². The first-order valence-corrected chi connectivity index (χ1v) is 4.92. The van der Waals surface area contributed by atoms with Gasteiger partial charge >= 0.3 is 0 Å². The van der Waals surface area contributed by atoms with Crippen LogP contribution in [-0.4, -0.2) is 30.4 Å². The molecule has 0 heterocycles. The Labute approximate surface area is 73.7 Å². The van der Waals surface area contributed by atoms with Gasteiger partial charge in [0.05, 0.1) is 0 Å². The SMILES string of the molecule is CN(C)C1CC2CC(Cl)C1C2. The van der Waals surface area contributed by atoms with E-state index in [1.165, 1.54) is 19.3 Å². The van der Waals surface area contributed by atoms with E-state index >= 15 is 0 Å². The second-order valence-corrected chi connectivity index (χ2v) is 4.84. The van der Waals surface area contributed by atoms with Crippen LogP contribution < -0.4 is 0 Å². The van der Waals surface area contributed by atoms with Crippen molar-refractivity contribution in [3.8, 4) is 0 Å². The molecule has 1 nitrogen and oxygen atoms in total. The normalized spacial score (nSPS) is 49.1. The van der Waals surface area contributed by atoms with Crippen molar-refractivity contribution in [2.45, 2.75) is 30.7 Å². The summed E-state index contributed by atoms with van der Waals surface area (Å²) in [5.74, 6) is 1.73. The number of fused-ring (bicyclic) bond motifs is 2. The molecule has 2 aliphatic carbocycles. The van der Waals surface area contributed by atoms with E-state index in [0.29, 0.717) is 5.38 Å². The molecule has 2 bridgehead atoms. The predicted molar refractivity (Wildman–Crippen MR) is 47.9 cm³/mol. The number of rotatable bonds is 1. The molecule has 2 fully saturated rings. The molecule has 2 rings (SSSR count). The molecule has 11 heavy (non-hydrogen) atoms. The molecule has 0 N–H and O–H groups in total. The van der Waals surface area contributed by atoms with Gasteiger partial charge in [0.15, 0.2) is 0 Å². The second-order valence-electron chi connectivity index (χ2n) is 4.28. The Balaban J connectivity index is 2.06. The van der Waals surface area contributed by atoms with Crippen molar-refractivity contribution in [2.24, 2.45) is 11.8 Å². The van der Waals surface area contributed by atoms with Crippen molar-refractivity contribution >= 4 is 11.6 Å². The van der Waals surface area contributed by atoms with Gasteiger partial charge in [-0.05, 0) is 45.2 Å². The van der Waals surface area contributed by atoms with E-state index in [9.17, 15) is 0 Å². The lowest BCUT2D eigenvalue weighted by atomic mass is 9.94. The Morgan fingerprint density at radius 2 is 1.91 bits per heavy atom. The molecule has 0 radical (unpaired) electrons. The lowest BCUT2D eigenvalue weighted by Gasteiger charge is -2.30. The molecular formula is C9H16ClN. The average molecular weight is 174 g/mol. The second kappa shape index (κ2) is 2.63. The predicted octanol–water partition coefficient (Wildman–Crippen LogP) is 1.95. The molecule has 4 atom stereocenters. The van der Waals surface area contributed by atoms with Gasteiger partial charge in [0, 0.05) is 11.4 Å². The van der Waals surface area contributed by atoms with Crippen LogP contribution in [0, 0.1) is 11.8 Å². The van der Waals surface area contributed by atoms with Crippen molar-refractivity contribution in [1.82, 2.24) is 4.90 Å². The molecule has 0 amide bonds. The van der Waals surface area contributed by atoms with Gasteiger partial charge < -0.3 is 4.90 Å². The minimum absolute atomic E-state index is 0.473. The summed E-state index contributed by atoms with van der Waals surface area (Å²) in [5.41, 5.74) is 0. The van der Waals surface area contributed by atoms with Crippen LogP contribution in [0.3, 0.4) is 0 Å². The van der Waals surface area contributed by atoms with Crippen LogP contribution in [0.5, 0.6) is 0 Å². The molecule has 4 unspecified atom stereocenters. The summed E-state index contributed by atoms with van der Waals surface area (Å²) < 4.78 is 0. The summed E-state index contributed by atoms with van der Waals surface area (Å²) in [6, 6.07) is 0.774. The Morgan fingerprint density at radius 1 is 1.18 bits per heavy atom. The van der Waals surface area contributed by atoms with Crippen LogP contribution in [0.15, 0.2) is 0 Å². The molecule has 2 saturated carbocycles. The molecule has 0 aromatic heterocycles. The molecular weight excluding hydrogens is 158 g/mol. The minimum Gasteiger partial charge on any atom is -0.306 e. The van der Waals surface area contributed by atoms with Crippen molar-refractivity contribution in [3.05, 3.63) is 0 Å². The van der Waals surface area contributed by atoms with Gasteiger partial charge in [-0.3, -0.25) is 0 Å². The first kappa shape index (κ1) is 7.88. The summed E-state index contributed by atoms with van der Waals surface area (Å²) in [7, 11) is 4.35. The van der Waals surface area contributed by atoms with E-state index in [0.717, 1.165) is 17.9 Å². The third-order valence-electron chi connectivity index (χ3n) is 3.36. The fourth-order valence-electron chi connectivity index (χ4n) is 2.82. The van der Waals surface area contributed by atoms with Gasteiger partial charge in [-0.1, -0.05) is 0 Å². The quantitative estimate of drug-likeness (QED) is 0.548. The maximum absolute atomic E-state index is 6.22. The fraction of sp³-hybridized carbons (Fsp3) is 1.00. The van der Waals surface area contributed by atoms with Crippen LogP contribution in [-0.2, 0) is 0 Å². The Kier molecular flexibility index (Phi) is 1.89. The molecule has 0 spiro atoms. The first-order chi connectivity index (χ1) is 5.18. The van der Waals surface area contributed by atoms with Gasteiger partial charge in [0.25, 0.3) is 0 Å². The van der Waals surface area contributed by atoms with Gasteiger partial charge in [0.2, 0.25) is 0 Å². The molecule has 0 aliphatic heterocycles. The molecule has 0 aromatic rings. The Bertz CT molecular complexity index is 158. The summed E-state index contributed by atoms with van der Waals surface area (Å²) in [6.07, 6.45) is 4.05. The maximum atomic E-state index is 6.22. The van der Waals surface area contributed by atoms with E-state index in [-0.39, 0.29) is 0 Å². The summed E-state index contributed by atoms with van der Waals surface area (Å²) in [4.78, 5) is 2.35. The zero-order chi connectivity index (χ0) is 8.01. The van der Waals surface area contributed by atoms with Crippen molar-refractivity contribution in [2.75, 3.05) is 14.1 Å². The lowest BCUT2D eigenvalue weighted by Crippen LogP contribution is -2.37. The van der Waals surface area contributed by atoms with Crippen LogP contribution in [0.4, 0.5) is 0 Å². The van der Waals surface area contributed by atoms with Crippen molar-refractivity contribution in [3.63, 3.8) is 0 Å². The van der Waals surface area contributed by atoms with Gasteiger partial charge in [-0.15, -0.1) is 11.6 Å². The van der Waals surface area contributed by atoms with E-state index in [2.05, 4.69) is 19.0 Å². The first-order valence-electron chi connectivity index (χ1n) is 4.49. The topological polar surface area (TPSA) is 3.24 Å². The number of hydrogen-bond donors (Lipinski definition) is 0. The number of alkyl halides is 1. The van der Waals surface area contributed by atoms with Gasteiger partial charge in [-0.2, -0.15) is 0 Å². The van der Waals surface area contributed by atoms with E-state index < -0.39 is 0 Å². The number of nitrogens with zero attached hydrogens (tertiary/aromatic N) is 1. The lowest BCUT2D eigenvalue weighted by molar-refractivity contribution is 0.214. The average Bonchev–Trinajstić information content (AvgIpc) is 2.43. The summed E-state index contributed by atoms with van der Waals surface area (Å²) in [5, 5.41) is 0.473. The standard InChI is InChI=1S/C9H16ClN/c1-11(2)9-5-6-3-7(9)8(10)4-6/h6-9H,3-5H2,1-2H3. The third kappa shape index (κ3) is 1.19. The van der Waals surface area contributed by atoms with Crippen LogP contribution in [0.1, 0.15) is 19.3 Å². The number of hydrogen-bond acceptors (Lipinski definition) is 1. The molecule has 0 saturated heterocycles. The smallest absolute Gasteiger partial charge is 0.0381 e. The Morgan fingerprint density at radius 3 is 2.27 bits per heavy atom. The highest BCUT2D eigenvalue weighted by atomic mass is 35.5. The third-order valence-corrected chi connectivity index (χ3v) is 3.86. The molecule has 64 valence electrons. The summed E-state index contributed by atoms with van der Waals surface area (Å²) in [6.45, 7) is 0. The van der Waals surface area contributed by atoms with Gasteiger partial charge in [-0.25, -0.2) is 0 Å². The number of halogens is 1. The maximum Gasteiger partial charge on any atom is 0.0381 e. The Hall–Kier alpha value is 0.250. The van der Waals surface area contributed by atoms with E-state index in [1.54, 1.807) is 0 Å². The zero-order valence-corrected chi connectivity index (χ0v) is 8.01. The van der Waals surface area contributed by atoms with Crippen LogP contribution in [0.25, 0.3) is 0 Å². The van der Waals surface area contributed by atoms with E-state index in [1.807, 2.05) is 0 Å². The van der Waals surface area contributed by atoms with Gasteiger partial charge in [0.1, 0.15) is 0 Å². The highest BCUT2D eigenvalue weighted by Gasteiger charge is 2.45. The van der Waals surface area contributed by atoms with Crippen LogP contribution >= 0.6 is 11.6 Å². The highest BCUT2D eigenvalue weighted by molar-refractivity contribution is 6.21. The largest absolute Gasteiger partial charge is 0.306 e. The highest BCUT2D eigenvalue weighted by Crippen LogP contribution is 2.48. The molecule has 0 aromatic carbocycles. The zero-order valence-electron chi connectivity index (χ0n) is 7.26. The van der Waals surface area contributed by atoms with Crippen molar-refractivity contribution in [1.29, 1.82) is 0 Å². The minimum atomic E-state index is 0.473. The van der Waals surface area contributed by atoms with Crippen LogP contribution in [0.2, 0.25) is 0 Å². The fourth-order valence-corrected chi connectivity index (χ4v) is 3.35. The molecule has 2 heteroatoms. The summed E-state index contributed by atoms with van der Waals surface area (Å²) >= 11 is 6.22. The van der Waals surface area contributed by atoms with Crippen molar-refractivity contribution < 1.29 is 0 Å². The molecule has 2 aliphatic rings. The monoisotopic (exact) mass is 173 g/mol.